The van der Waals surface area contributed by atoms with Gasteiger partial charge in [-0.2, -0.15) is 0 Å². The predicted octanol–water partition coefficient (Wildman–Crippen LogP) is -0.213. The van der Waals surface area contributed by atoms with Gasteiger partial charge in [-0.25, -0.2) is 0 Å². The Morgan fingerprint density at radius 3 is 2.79 bits per heavy atom. The normalized spacial score (nSPS) is 16.4. The molecule has 1 unspecified atom stereocenters. The molecule has 5 N–H and O–H groups in total. The van der Waals surface area contributed by atoms with E-state index in [1.807, 2.05) is 12.1 Å². The summed E-state index contributed by atoms with van der Waals surface area (Å²) in [6, 6.07) is 6.04. The lowest BCUT2D eigenvalue weighted by Crippen LogP contribution is -2.42. The lowest BCUT2D eigenvalue weighted by molar-refractivity contribution is -0.119. The number of nitrogens with two attached hydrogens (primary N) is 2. The standard InChI is InChI=1S/C14H21N3O2/c15-6-5-10-1-3-13-11(7-10)2-4-14(19)17(13)9-12(18)8-16/h1,3,7,12,18H,2,4-6,8-9,15-16H2. The number of anilines is 1. The van der Waals surface area contributed by atoms with Gasteiger partial charge in [0, 0.05) is 18.7 Å². The van der Waals surface area contributed by atoms with Gasteiger partial charge in [0.25, 0.3) is 0 Å². The molecule has 0 aromatic heterocycles. The number of fused-ring (bicyclic) bond motifs is 1. The zero-order chi connectivity index (χ0) is 13.8. The molecule has 0 fully saturated rings. The first-order valence-electron chi connectivity index (χ1n) is 6.66. The summed E-state index contributed by atoms with van der Waals surface area (Å²) < 4.78 is 0. The molecule has 104 valence electrons. The zero-order valence-electron chi connectivity index (χ0n) is 11.0. The Morgan fingerprint density at radius 2 is 2.11 bits per heavy atom. The van der Waals surface area contributed by atoms with Gasteiger partial charge in [0.15, 0.2) is 0 Å². The summed E-state index contributed by atoms with van der Waals surface area (Å²) >= 11 is 0. The second kappa shape index (κ2) is 6.14. The fourth-order valence-electron chi connectivity index (χ4n) is 2.42. The van der Waals surface area contributed by atoms with Crippen molar-refractivity contribution in [3.8, 4) is 0 Å². The molecule has 0 bridgehead atoms. The van der Waals surface area contributed by atoms with Crippen LogP contribution in [0.3, 0.4) is 0 Å². The molecule has 1 aromatic carbocycles. The summed E-state index contributed by atoms with van der Waals surface area (Å²) in [7, 11) is 0. The average molecular weight is 263 g/mol. The first-order valence-corrected chi connectivity index (χ1v) is 6.66. The van der Waals surface area contributed by atoms with Gasteiger partial charge in [0.1, 0.15) is 0 Å². The maximum atomic E-state index is 12.0. The number of carbonyl (C=O) groups is 1. The molecule has 0 radical (unpaired) electrons. The summed E-state index contributed by atoms with van der Waals surface area (Å²) in [5, 5.41) is 9.66. The van der Waals surface area contributed by atoms with Crippen LogP contribution in [0.15, 0.2) is 18.2 Å². The Bertz CT molecular complexity index is 462. The van der Waals surface area contributed by atoms with Crippen LogP contribution >= 0.6 is 0 Å². The van der Waals surface area contributed by atoms with Crippen LogP contribution in [0, 0.1) is 0 Å². The van der Waals surface area contributed by atoms with Crippen LogP contribution in [-0.4, -0.2) is 36.8 Å². The number of aliphatic hydroxyl groups excluding tert-OH is 1. The van der Waals surface area contributed by atoms with Crippen LogP contribution < -0.4 is 16.4 Å². The molecule has 1 aliphatic rings. The van der Waals surface area contributed by atoms with Crippen molar-refractivity contribution in [3.05, 3.63) is 29.3 Å². The number of carbonyl (C=O) groups excluding carboxylic acids is 1. The van der Waals surface area contributed by atoms with Gasteiger partial charge >= 0.3 is 0 Å². The molecular formula is C14H21N3O2. The summed E-state index contributed by atoms with van der Waals surface area (Å²) in [5.74, 6) is 0.0478. The van der Waals surface area contributed by atoms with Crippen LogP contribution in [0.2, 0.25) is 0 Å². The van der Waals surface area contributed by atoms with Crippen LogP contribution in [-0.2, 0) is 17.6 Å². The molecule has 1 atom stereocenters. The number of aryl methyl sites for hydroxylation is 1. The molecule has 1 aromatic rings. The minimum Gasteiger partial charge on any atom is -0.390 e. The minimum atomic E-state index is -0.682. The van der Waals surface area contributed by atoms with Gasteiger partial charge in [0.2, 0.25) is 5.91 Å². The Hall–Kier alpha value is -1.43. The lowest BCUT2D eigenvalue weighted by atomic mass is 9.97. The van der Waals surface area contributed by atoms with Crippen LogP contribution in [0.4, 0.5) is 5.69 Å². The third kappa shape index (κ3) is 3.12. The second-order valence-electron chi connectivity index (χ2n) is 4.90. The molecular weight excluding hydrogens is 242 g/mol. The van der Waals surface area contributed by atoms with Crippen LogP contribution in [0.25, 0.3) is 0 Å². The molecule has 0 saturated heterocycles. The van der Waals surface area contributed by atoms with Gasteiger partial charge < -0.3 is 21.5 Å². The second-order valence-corrected chi connectivity index (χ2v) is 4.90. The molecule has 2 rings (SSSR count). The van der Waals surface area contributed by atoms with E-state index in [1.54, 1.807) is 4.90 Å². The van der Waals surface area contributed by atoms with E-state index in [1.165, 1.54) is 5.56 Å². The predicted molar refractivity (Wildman–Crippen MR) is 74.9 cm³/mol. The molecule has 19 heavy (non-hydrogen) atoms. The Kier molecular flexibility index (Phi) is 4.52. The summed E-state index contributed by atoms with van der Waals surface area (Å²) in [5.41, 5.74) is 14.2. The topological polar surface area (TPSA) is 92.6 Å². The molecule has 1 amide bonds. The van der Waals surface area contributed by atoms with Crippen molar-refractivity contribution >= 4 is 11.6 Å². The van der Waals surface area contributed by atoms with Gasteiger partial charge in [-0.15, -0.1) is 0 Å². The molecule has 1 aliphatic heterocycles. The minimum absolute atomic E-state index is 0.0478. The average Bonchev–Trinajstić information content (AvgIpc) is 2.42. The summed E-state index contributed by atoms with van der Waals surface area (Å²) in [4.78, 5) is 13.6. The maximum Gasteiger partial charge on any atom is 0.227 e. The smallest absolute Gasteiger partial charge is 0.227 e. The lowest BCUT2D eigenvalue weighted by Gasteiger charge is -2.31. The molecule has 5 nitrogen and oxygen atoms in total. The van der Waals surface area contributed by atoms with E-state index in [0.29, 0.717) is 13.0 Å². The first-order chi connectivity index (χ1) is 9.15. The number of β-amino-alcohol motifs (C(OH)–C–C–N with tert-alkyl or cyclic N) is 1. The van der Waals surface area contributed by atoms with Crippen molar-refractivity contribution in [1.82, 2.24) is 0 Å². The molecule has 0 aliphatic carbocycles. The van der Waals surface area contributed by atoms with E-state index < -0.39 is 6.10 Å². The Balaban J connectivity index is 2.26. The molecule has 1 heterocycles. The van der Waals surface area contributed by atoms with E-state index in [4.69, 9.17) is 11.5 Å². The van der Waals surface area contributed by atoms with Crippen LogP contribution in [0.5, 0.6) is 0 Å². The highest BCUT2D eigenvalue weighted by atomic mass is 16.3. The van der Waals surface area contributed by atoms with Gasteiger partial charge in [-0.3, -0.25) is 4.79 Å². The quantitative estimate of drug-likeness (QED) is 0.685. The van der Waals surface area contributed by atoms with Gasteiger partial charge in [-0.05, 0) is 36.6 Å². The van der Waals surface area contributed by atoms with Crippen LogP contribution in [0.1, 0.15) is 17.5 Å². The summed E-state index contributed by atoms with van der Waals surface area (Å²) in [6.45, 7) is 1.04. The SMILES string of the molecule is NCCc1ccc2c(c1)CCC(=O)N2CC(O)CN. The van der Waals surface area contributed by atoms with Crippen molar-refractivity contribution in [2.45, 2.75) is 25.4 Å². The number of aliphatic hydroxyl groups is 1. The molecule has 0 spiro atoms. The highest BCUT2D eigenvalue weighted by Gasteiger charge is 2.25. The molecule has 5 heteroatoms. The van der Waals surface area contributed by atoms with E-state index in [2.05, 4.69) is 6.07 Å². The number of amides is 1. The molecule has 0 saturated carbocycles. The summed E-state index contributed by atoms with van der Waals surface area (Å²) in [6.07, 6.45) is 1.39. The van der Waals surface area contributed by atoms with E-state index in [0.717, 1.165) is 24.1 Å². The van der Waals surface area contributed by atoms with E-state index in [-0.39, 0.29) is 19.0 Å². The maximum absolute atomic E-state index is 12.0. The fourth-order valence-corrected chi connectivity index (χ4v) is 2.42. The Labute approximate surface area is 113 Å². The number of hydrogen-bond acceptors (Lipinski definition) is 4. The van der Waals surface area contributed by atoms with E-state index >= 15 is 0 Å². The monoisotopic (exact) mass is 263 g/mol. The zero-order valence-corrected chi connectivity index (χ0v) is 11.0. The van der Waals surface area contributed by atoms with E-state index in [9.17, 15) is 9.90 Å². The largest absolute Gasteiger partial charge is 0.390 e. The Morgan fingerprint density at radius 1 is 1.32 bits per heavy atom. The third-order valence-electron chi connectivity index (χ3n) is 3.44. The fraction of sp³-hybridized carbons (Fsp3) is 0.500. The number of benzene rings is 1. The highest BCUT2D eigenvalue weighted by molar-refractivity contribution is 5.96. The van der Waals surface area contributed by atoms with Crippen molar-refractivity contribution in [2.24, 2.45) is 11.5 Å². The van der Waals surface area contributed by atoms with Crippen molar-refractivity contribution in [2.75, 3.05) is 24.5 Å². The van der Waals surface area contributed by atoms with Crippen molar-refractivity contribution in [3.63, 3.8) is 0 Å². The highest BCUT2D eigenvalue weighted by Crippen LogP contribution is 2.29. The first kappa shape index (κ1) is 14.0. The van der Waals surface area contributed by atoms with Gasteiger partial charge in [-0.1, -0.05) is 12.1 Å². The van der Waals surface area contributed by atoms with Gasteiger partial charge in [0.05, 0.1) is 12.6 Å². The number of rotatable bonds is 5. The third-order valence-corrected chi connectivity index (χ3v) is 3.44. The van der Waals surface area contributed by atoms with Crippen molar-refractivity contribution in [1.29, 1.82) is 0 Å². The number of nitrogens with zero attached hydrogens (tertiary/aromatic N) is 1. The number of hydrogen-bond donors (Lipinski definition) is 3. The van der Waals surface area contributed by atoms with Crippen molar-refractivity contribution < 1.29 is 9.90 Å².